The van der Waals surface area contributed by atoms with Gasteiger partial charge in [0.1, 0.15) is 10.9 Å². The van der Waals surface area contributed by atoms with Gasteiger partial charge in [-0.05, 0) is 24.3 Å². The van der Waals surface area contributed by atoms with Crippen LogP contribution in [0.5, 0.6) is 5.75 Å². The van der Waals surface area contributed by atoms with E-state index in [-0.39, 0.29) is 0 Å². The van der Waals surface area contributed by atoms with Gasteiger partial charge < -0.3 is 4.74 Å². The molecule has 0 unspecified atom stereocenters. The van der Waals surface area contributed by atoms with E-state index >= 15 is 0 Å². The molecule has 0 radical (unpaired) electrons. The first kappa shape index (κ1) is 10.7. The number of ether oxygens (including phenoxy) is 1. The second kappa shape index (κ2) is 4.37. The molecular formula is C11H9ClN2O2. The second-order valence-electron chi connectivity index (χ2n) is 3.12. The smallest absolute Gasteiger partial charge is 0.154 e. The predicted molar refractivity (Wildman–Crippen MR) is 60.5 cm³/mol. The third-order valence-corrected chi connectivity index (χ3v) is 2.56. The van der Waals surface area contributed by atoms with Crippen LogP contribution >= 0.6 is 11.6 Å². The zero-order valence-electron chi connectivity index (χ0n) is 8.55. The molecule has 0 aliphatic carbocycles. The Morgan fingerprint density at radius 1 is 1.38 bits per heavy atom. The largest absolute Gasteiger partial charge is 0.497 e. The molecule has 1 aromatic carbocycles. The van der Waals surface area contributed by atoms with Gasteiger partial charge in [0.15, 0.2) is 6.29 Å². The number of aromatic nitrogens is 2. The summed E-state index contributed by atoms with van der Waals surface area (Å²) in [5.74, 6) is 0.752. The summed E-state index contributed by atoms with van der Waals surface area (Å²) in [5, 5.41) is 4.33. The number of carbonyl (C=O) groups is 1. The van der Waals surface area contributed by atoms with E-state index in [0.717, 1.165) is 11.4 Å². The van der Waals surface area contributed by atoms with Gasteiger partial charge >= 0.3 is 0 Å². The van der Waals surface area contributed by atoms with Gasteiger partial charge in [-0.2, -0.15) is 5.10 Å². The van der Waals surface area contributed by atoms with Crippen molar-refractivity contribution < 1.29 is 9.53 Å². The lowest BCUT2D eigenvalue weighted by molar-refractivity contribution is 0.112. The van der Waals surface area contributed by atoms with E-state index in [1.807, 2.05) is 12.1 Å². The van der Waals surface area contributed by atoms with Crippen molar-refractivity contribution in [1.29, 1.82) is 0 Å². The summed E-state index contributed by atoms with van der Waals surface area (Å²) in [5.41, 5.74) is 1.15. The molecule has 0 saturated carbocycles. The normalized spacial score (nSPS) is 10.1. The highest BCUT2D eigenvalue weighted by Crippen LogP contribution is 2.20. The maximum Gasteiger partial charge on any atom is 0.154 e. The van der Waals surface area contributed by atoms with Gasteiger partial charge in [0.2, 0.25) is 0 Å². The van der Waals surface area contributed by atoms with Crippen molar-refractivity contribution in [3.05, 3.63) is 41.2 Å². The molecule has 0 fully saturated rings. The van der Waals surface area contributed by atoms with Crippen molar-refractivity contribution >= 4 is 17.9 Å². The topological polar surface area (TPSA) is 44.1 Å². The van der Waals surface area contributed by atoms with E-state index in [0.29, 0.717) is 17.0 Å². The summed E-state index contributed by atoms with van der Waals surface area (Å²) >= 11 is 5.97. The van der Waals surface area contributed by atoms with Gasteiger partial charge in [0.25, 0.3) is 0 Å². The fourth-order valence-corrected chi connectivity index (χ4v) is 1.56. The molecule has 0 amide bonds. The van der Waals surface area contributed by atoms with Crippen molar-refractivity contribution in [2.24, 2.45) is 0 Å². The molecule has 0 N–H and O–H groups in total. The minimum Gasteiger partial charge on any atom is -0.497 e. The van der Waals surface area contributed by atoms with E-state index in [1.165, 1.54) is 10.9 Å². The number of hydrogen-bond donors (Lipinski definition) is 0. The number of methoxy groups -OCH3 is 1. The van der Waals surface area contributed by atoms with Crippen molar-refractivity contribution in [3.63, 3.8) is 0 Å². The number of hydrogen-bond acceptors (Lipinski definition) is 3. The molecule has 0 spiro atoms. The molecule has 2 aromatic rings. The fraction of sp³-hybridized carbons (Fsp3) is 0.0909. The average molecular weight is 237 g/mol. The van der Waals surface area contributed by atoms with Gasteiger partial charge in [-0.25, -0.2) is 4.68 Å². The van der Waals surface area contributed by atoms with Gasteiger partial charge in [-0.3, -0.25) is 4.79 Å². The Bertz CT molecular complexity index is 505. The number of rotatable bonds is 3. The Labute approximate surface area is 97.4 Å². The Morgan fingerprint density at radius 2 is 2.06 bits per heavy atom. The molecular weight excluding hydrogens is 228 g/mol. The van der Waals surface area contributed by atoms with Gasteiger partial charge in [-0.15, -0.1) is 0 Å². The number of benzene rings is 1. The van der Waals surface area contributed by atoms with Crippen molar-refractivity contribution in [2.75, 3.05) is 7.11 Å². The first-order valence-corrected chi connectivity index (χ1v) is 4.97. The summed E-state index contributed by atoms with van der Waals surface area (Å²) in [6.07, 6.45) is 2.11. The highest BCUT2D eigenvalue weighted by molar-refractivity contribution is 6.32. The summed E-state index contributed by atoms with van der Waals surface area (Å²) in [6, 6.07) is 7.22. The number of nitrogens with zero attached hydrogens (tertiary/aromatic N) is 2. The molecule has 2 rings (SSSR count). The first-order valence-electron chi connectivity index (χ1n) is 4.59. The second-order valence-corrected chi connectivity index (χ2v) is 3.48. The van der Waals surface area contributed by atoms with Crippen molar-refractivity contribution in [3.8, 4) is 11.4 Å². The summed E-state index contributed by atoms with van der Waals surface area (Å²) in [7, 11) is 1.60. The van der Waals surface area contributed by atoms with Crippen LogP contribution in [0.4, 0.5) is 0 Å². The van der Waals surface area contributed by atoms with Crippen LogP contribution in [0.25, 0.3) is 5.69 Å². The molecule has 5 heteroatoms. The van der Waals surface area contributed by atoms with Gasteiger partial charge in [0, 0.05) is 0 Å². The number of halogens is 1. The number of aldehydes is 1. The van der Waals surface area contributed by atoms with E-state index in [9.17, 15) is 4.79 Å². The van der Waals surface area contributed by atoms with E-state index in [1.54, 1.807) is 19.2 Å². The Kier molecular flexibility index (Phi) is 2.92. The third-order valence-electron chi connectivity index (χ3n) is 2.18. The SMILES string of the molecule is COc1ccc(-n2ncc(C=O)c2Cl)cc1. The van der Waals surface area contributed by atoms with Crippen LogP contribution in [-0.2, 0) is 0 Å². The average Bonchev–Trinajstić information content (AvgIpc) is 2.70. The zero-order valence-corrected chi connectivity index (χ0v) is 9.31. The minimum atomic E-state index is 0.306. The van der Waals surface area contributed by atoms with Crippen LogP contribution in [0.2, 0.25) is 5.15 Å². The Morgan fingerprint density at radius 3 is 2.56 bits per heavy atom. The Hall–Kier alpha value is -1.81. The third kappa shape index (κ3) is 1.79. The van der Waals surface area contributed by atoms with Crippen molar-refractivity contribution in [1.82, 2.24) is 9.78 Å². The minimum absolute atomic E-state index is 0.306. The van der Waals surface area contributed by atoms with Crippen LogP contribution in [0.1, 0.15) is 10.4 Å². The van der Waals surface area contributed by atoms with Crippen LogP contribution in [0.15, 0.2) is 30.5 Å². The van der Waals surface area contributed by atoms with Crippen molar-refractivity contribution in [2.45, 2.75) is 0 Å². The lowest BCUT2D eigenvalue weighted by atomic mass is 10.3. The number of carbonyl (C=O) groups excluding carboxylic acids is 1. The van der Waals surface area contributed by atoms with E-state index in [4.69, 9.17) is 16.3 Å². The van der Waals surface area contributed by atoms with Gasteiger partial charge in [-0.1, -0.05) is 11.6 Å². The maximum atomic E-state index is 10.6. The lowest BCUT2D eigenvalue weighted by Gasteiger charge is -2.04. The molecule has 4 nitrogen and oxygen atoms in total. The van der Waals surface area contributed by atoms with E-state index in [2.05, 4.69) is 5.10 Å². The van der Waals surface area contributed by atoms with Gasteiger partial charge in [0.05, 0.1) is 24.6 Å². The summed E-state index contributed by atoms with van der Waals surface area (Å²) in [4.78, 5) is 10.6. The predicted octanol–water partition coefficient (Wildman–Crippen LogP) is 2.35. The van der Waals surface area contributed by atoms with Crippen LogP contribution in [0, 0.1) is 0 Å². The standard InChI is InChI=1S/C11H9ClN2O2/c1-16-10-4-2-9(3-5-10)14-11(12)8(7-15)6-13-14/h2-7H,1H3. The Balaban J connectivity index is 2.42. The molecule has 16 heavy (non-hydrogen) atoms. The molecule has 82 valence electrons. The molecule has 0 bridgehead atoms. The summed E-state index contributed by atoms with van der Waals surface area (Å²) < 4.78 is 6.53. The molecule has 0 aliphatic rings. The van der Waals surface area contributed by atoms with Crippen LogP contribution in [0.3, 0.4) is 0 Å². The maximum absolute atomic E-state index is 10.6. The highest BCUT2D eigenvalue weighted by atomic mass is 35.5. The molecule has 1 aromatic heterocycles. The molecule has 1 heterocycles. The van der Waals surface area contributed by atoms with E-state index < -0.39 is 0 Å². The summed E-state index contributed by atoms with van der Waals surface area (Å²) in [6.45, 7) is 0. The quantitative estimate of drug-likeness (QED) is 0.769. The first-order chi connectivity index (χ1) is 7.76. The highest BCUT2D eigenvalue weighted by Gasteiger charge is 2.08. The zero-order chi connectivity index (χ0) is 11.5. The monoisotopic (exact) mass is 236 g/mol. The van der Waals surface area contributed by atoms with Crippen LogP contribution in [-0.4, -0.2) is 23.2 Å². The molecule has 0 atom stereocenters. The lowest BCUT2D eigenvalue weighted by Crippen LogP contribution is -1.96. The molecule has 0 saturated heterocycles. The fourth-order valence-electron chi connectivity index (χ4n) is 1.33. The molecule has 0 aliphatic heterocycles. The van der Waals surface area contributed by atoms with Crippen LogP contribution < -0.4 is 4.74 Å².